The zero-order valence-corrected chi connectivity index (χ0v) is 13.0. The van der Waals surface area contributed by atoms with Gasteiger partial charge in [-0.2, -0.15) is 0 Å². The molecule has 0 spiro atoms. The first kappa shape index (κ1) is 15.0. The number of hydrogen-bond acceptors (Lipinski definition) is 2. The van der Waals surface area contributed by atoms with Crippen molar-refractivity contribution in [3.05, 3.63) is 83.8 Å². The summed E-state index contributed by atoms with van der Waals surface area (Å²) in [6.07, 6.45) is 6.90. The van der Waals surface area contributed by atoms with E-state index in [2.05, 4.69) is 17.6 Å². The topological polar surface area (TPSA) is 43.3 Å². The molecule has 3 nitrogen and oxygen atoms in total. The Morgan fingerprint density at radius 3 is 2.78 bits per heavy atom. The van der Waals surface area contributed by atoms with Crippen LogP contribution in [0.4, 0.5) is 10.2 Å². The summed E-state index contributed by atoms with van der Waals surface area (Å²) >= 11 is 0. The molecule has 0 saturated heterocycles. The Kier molecular flexibility index (Phi) is 3.98. The Morgan fingerprint density at radius 2 is 2.09 bits per heavy atom. The lowest BCUT2D eigenvalue weighted by Crippen LogP contribution is -2.21. The number of aromatic nitrogens is 1. The summed E-state index contributed by atoms with van der Waals surface area (Å²) < 4.78 is 15.2. The quantitative estimate of drug-likeness (QED) is 0.923. The highest BCUT2D eigenvalue weighted by Gasteiger charge is 2.06. The first-order valence-electron chi connectivity index (χ1n) is 7.37. The molecule has 1 aliphatic carbocycles. The molecular weight excluding hydrogens is 289 g/mol. The van der Waals surface area contributed by atoms with Crippen molar-refractivity contribution < 1.29 is 4.39 Å². The van der Waals surface area contributed by atoms with Crippen LogP contribution in [0, 0.1) is 5.82 Å². The molecule has 3 rings (SSSR count). The molecule has 1 aromatic carbocycles. The number of nitrogens with zero attached hydrogens (tertiary/aromatic N) is 2. The molecule has 0 saturated carbocycles. The van der Waals surface area contributed by atoms with Crippen LogP contribution < -0.4 is 11.2 Å². The van der Waals surface area contributed by atoms with E-state index < -0.39 is 0 Å². The van der Waals surface area contributed by atoms with Crippen molar-refractivity contribution in [3.8, 4) is 11.1 Å². The van der Waals surface area contributed by atoms with Crippen LogP contribution >= 0.6 is 0 Å². The molecule has 1 heterocycles. The highest BCUT2D eigenvalue weighted by Crippen LogP contribution is 2.21. The molecule has 0 aliphatic heterocycles. The van der Waals surface area contributed by atoms with Gasteiger partial charge < -0.3 is 10.3 Å². The van der Waals surface area contributed by atoms with Gasteiger partial charge in [0, 0.05) is 7.05 Å². The van der Waals surface area contributed by atoms with Gasteiger partial charge in [0.25, 0.3) is 0 Å². The first-order chi connectivity index (χ1) is 11.0. The lowest BCUT2D eigenvalue weighted by molar-refractivity contribution is 0.628. The van der Waals surface area contributed by atoms with E-state index in [1.165, 1.54) is 12.1 Å². The van der Waals surface area contributed by atoms with Crippen LogP contribution in [0.3, 0.4) is 0 Å². The Hall–Kier alpha value is -2.88. The van der Waals surface area contributed by atoms with Gasteiger partial charge in [-0.3, -0.25) is 0 Å². The molecule has 23 heavy (non-hydrogen) atoms. The summed E-state index contributed by atoms with van der Waals surface area (Å²) in [6, 6.07) is 10.1. The summed E-state index contributed by atoms with van der Waals surface area (Å²) in [5.74, 6) is 0.274. The number of hydrogen-bond donors (Lipinski definition) is 1. The number of nitrogen functional groups attached to an aromatic ring is 1. The summed E-state index contributed by atoms with van der Waals surface area (Å²) in [7, 11) is 1.85. The monoisotopic (exact) mass is 307 g/mol. The second-order valence-corrected chi connectivity index (χ2v) is 5.48. The van der Waals surface area contributed by atoms with Gasteiger partial charge >= 0.3 is 0 Å². The third-order valence-electron chi connectivity index (χ3n) is 3.87. The van der Waals surface area contributed by atoms with E-state index in [-0.39, 0.29) is 5.82 Å². The Balaban J connectivity index is 2.09. The fourth-order valence-corrected chi connectivity index (χ4v) is 2.48. The van der Waals surface area contributed by atoms with E-state index in [1.54, 1.807) is 10.6 Å². The highest BCUT2D eigenvalue weighted by molar-refractivity contribution is 5.65. The van der Waals surface area contributed by atoms with Gasteiger partial charge in [0.2, 0.25) is 0 Å². The van der Waals surface area contributed by atoms with E-state index in [1.807, 2.05) is 37.4 Å². The number of anilines is 1. The van der Waals surface area contributed by atoms with Crippen LogP contribution in [0.25, 0.3) is 11.1 Å². The lowest BCUT2D eigenvalue weighted by Gasteiger charge is -2.10. The second kappa shape index (κ2) is 6.08. The SMILES string of the molecule is C=C(N=c1cc(-c2cccc(F)c2)cc(N)n1C)C1=CC=CC1. The molecular formula is C19H18FN3. The smallest absolute Gasteiger partial charge is 0.135 e. The first-order valence-corrected chi connectivity index (χ1v) is 7.37. The van der Waals surface area contributed by atoms with E-state index in [0.717, 1.165) is 23.1 Å². The molecule has 0 atom stereocenters. The van der Waals surface area contributed by atoms with Gasteiger partial charge in [0.1, 0.15) is 17.1 Å². The van der Waals surface area contributed by atoms with Gasteiger partial charge in [-0.05, 0) is 47.4 Å². The van der Waals surface area contributed by atoms with Crippen LogP contribution in [0.1, 0.15) is 6.42 Å². The van der Waals surface area contributed by atoms with Crippen molar-refractivity contribution in [1.82, 2.24) is 4.57 Å². The molecule has 0 bridgehead atoms. The average molecular weight is 307 g/mol. The molecule has 2 N–H and O–H groups in total. The number of allylic oxidation sites excluding steroid dienone is 4. The summed E-state index contributed by atoms with van der Waals surface area (Å²) in [4.78, 5) is 4.60. The number of nitrogens with two attached hydrogens (primary N) is 1. The third kappa shape index (κ3) is 3.16. The maximum atomic E-state index is 13.5. The van der Waals surface area contributed by atoms with Crippen LogP contribution in [0.2, 0.25) is 0 Å². The fraction of sp³-hybridized carbons (Fsp3) is 0.105. The number of halogens is 1. The minimum Gasteiger partial charge on any atom is -0.385 e. The molecule has 1 aliphatic rings. The van der Waals surface area contributed by atoms with E-state index in [0.29, 0.717) is 17.0 Å². The van der Waals surface area contributed by atoms with Crippen LogP contribution in [0.15, 0.2) is 77.5 Å². The predicted octanol–water partition coefficient (Wildman–Crippen LogP) is 3.71. The van der Waals surface area contributed by atoms with Crippen molar-refractivity contribution in [3.63, 3.8) is 0 Å². The summed E-state index contributed by atoms with van der Waals surface area (Å²) in [6.45, 7) is 4.03. The largest absolute Gasteiger partial charge is 0.385 e. The van der Waals surface area contributed by atoms with Crippen molar-refractivity contribution >= 4 is 5.82 Å². The average Bonchev–Trinajstić information content (AvgIpc) is 3.06. The number of pyridine rings is 1. The Labute approximate surface area is 134 Å². The summed E-state index contributed by atoms with van der Waals surface area (Å²) in [5, 5.41) is 0. The standard InChI is InChI=1S/C19H18FN3/c1-13(14-6-3-4-7-14)22-19-12-16(11-18(21)23(19)2)15-8-5-9-17(20)10-15/h3-6,8-12H,1,7,21H2,2H3. The molecule has 116 valence electrons. The molecule has 0 amide bonds. The molecule has 2 aromatic rings. The van der Waals surface area contributed by atoms with Crippen LogP contribution in [-0.2, 0) is 7.05 Å². The maximum absolute atomic E-state index is 13.5. The van der Waals surface area contributed by atoms with E-state index in [4.69, 9.17) is 5.73 Å². The van der Waals surface area contributed by atoms with Gasteiger partial charge in [0.15, 0.2) is 0 Å². The molecule has 0 fully saturated rings. The van der Waals surface area contributed by atoms with Gasteiger partial charge in [-0.15, -0.1) is 0 Å². The second-order valence-electron chi connectivity index (χ2n) is 5.48. The Bertz CT molecular complexity index is 901. The van der Waals surface area contributed by atoms with Crippen molar-refractivity contribution in [1.29, 1.82) is 0 Å². The maximum Gasteiger partial charge on any atom is 0.135 e. The highest BCUT2D eigenvalue weighted by atomic mass is 19.1. The lowest BCUT2D eigenvalue weighted by atomic mass is 10.1. The number of benzene rings is 1. The molecule has 0 unspecified atom stereocenters. The van der Waals surface area contributed by atoms with Crippen molar-refractivity contribution in [2.75, 3.05) is 5.73 Å². The normalized spacial score (nSPS) is 14.2. The summed E-state index contributed by atoms with van der Waals surface area (Å²) in [5.41, 5.74) is 10.1. The predicted molar refractivity (Wildman–Crippen MR) is 91.8 cm³/mol. The van der Waals surface area contributed by atoms with Gasteiger partial charge in [-0.25, -0.2) is 9.38 Å². The van der Waals surface area contributed by atoms with Crippen LogP contribution in [0.5, 0.6) is 0 Å². The molecule has 0 radical (unpaired) electrons. The number of rotatable bonds is 3. The molecule has 1 aromatic heterocycles. The van der Waals surface area contributed by atoms with Crippen LogP contribution in [-0.4, -0.2) is 4.57 Å². The fourth-order valence-electron chi connectivity index (χ4n) is 2.48. The Morgan fingerprint density at radius 1 is 1.26 bits per heavy atom. The minimum atomic E-state index is -0.278. The minimum absolute atomic E-state index is 0.278. The zero-order chi connectivity index (χ0) is 16.4. The zero-order valence-electron chi connectivity index (χ0n) is 13.0. The van der Waals surface area contributed by atoms with E-state index >= 15 is 0 Å². The third-order valence-corrected chi connectivity index (χ3v) is 3.87. The van der Waals surface area contributed by atoms with Crippen molar-refractivity contribution in [2.45, 2.75) is 6.42 Å². The molecule has 4 heteroatoms. The van der Waals surface area contributed by atoms with E-state index in [9.17, 15) is 4.39 Å². The van der Waals surface area contributed by atoms with Gasteiger partial charge in [0.05, 0.1) is 5.70 Å². The van der Waals surface area contributed by atoms with Gasteiger partial charge in [-0.1, -0.05) is 36.9 Å². The van der Waals surface area contributed by atoms with Crippen molar-refractivity contribution in [2.24, 2.45) is 12.0 Å².